The molecule has 0 saturated heterocycles. The van der Waals surface area contributed by atoms with Gasteiger partial charge in [-0.1, -0.05) is 53.6 Å². The standard InChI is InChI=1S/C21H18ClN3O/c1-13-3-7-16(8-4-13)19-12-20-23-14(2)18(21(26)25(20)24-19)11-15-5-9-17(22)10-6-15/h3-10,12,24H,11H2,1-2H3. The van der Waals surface area contributed by atoms with Gasteiger partial charge in [0.1, 0.15) is 0 Å². The predicted octanol–water partition coefficient (Wildman–Crippen LogP) is 4.55. The Balaban J connectivity index is 1.79. The molecule has 2 aromatic carbocycles. The van der Waals surface area contributed by atoms with Crippen molar-refractivity contribution in [1.82, 2.24) is 14.6 Å². The van der Waals surface area contributed by atoms with Crippen LogP contribution in [0.4, 0.5) is 0 Å². The monoisotopic (exact) mass is 363 g/mol. The van der Waals surface area contributed by atoms with E-state index in [1.807, 2.05) is 68.4 Å². The fourth-order valence-corrected chi connectivity index (χ4v) is 3.19. The van der Waals surface area contributed by atoms with Crippen LogP contribution >= 0.6 is 11.6 Å². The van der Waals surface area contributed by atoms with Crippen LogP contribution in [0, 0.1) is 13.8 Å². The van der Waals surface area contributed by atoms with E-state index in [4.69, 9.17) is 11.6 Å². The van der Waals surface area contributed by atoms with Gasteiger partial charge in [0.2, 0.25) is 0 Å². The number of aromatic nitrogens is 3. The minimum Gasteiger partial charge on any atom is -0.289 e. The summed E-state index contributed by atoms with van der Waals surface area (Å²) in [5.41, 5.74) is 6.11. The van der Waals surface area contributed by atoms with Gasteiger partial charge in [-0.05, 0) is 37.1 Å². The van der Waals surface area contributed by atoms with Crippen LogP contribution in [0.5, 0.6) is 0 Å². The summed E-state index contributed by atoms with van der Waals surface area (Å²) in [6.45, 7) is 3.93. The van der Waals surface area contributed by atoms with Crippen molar-refractivity contribution in [2.75, 3.05) is 0 Å². The first-order valence-electron chi connectivity index (χ1n) is 8.44. The van der Waals surface area contributed by atoms with Crippen LogP contribution in [0.2, 0.25) is 5.02 Å². The zero-order valence-corrected chi connectivity index (χ0v) is 15.3. The van der Waals surface area contributed by atoms with Gasteiger partial charge in [0.25, 0.3) is 5.56 Å². The molecular weight excluding hydrogens is 346 g/mol. The fourth-order valence-electron chi connectivity index (χ4n) is 3.06. The highest BCUT2D eigenvalue weighted by Crippen LogP contribution is 2.20. The van der Waals surface area contributed by atoms with Crippen molar-refractivity contribution in [3.8, 4) is 11.3 Å². The van der Waals surface area contributed by atoms with Crippen LogP contribution in [0.1, 0.15) is 22.4 Å². The minimum absolute atomic E-state index is 0.0687. The first-order chi connectivity index (χ1) is 12.5. The van der Waals surface area contributed by atoms with Crippen LogP contribution < -0.4 is 5.56 Å². The summed E-state index contributed by atoms with van der Waals surface area (Å²) in [7, 11) is 0. The molecule has 0 amide bonds. The molecule has 0 fully saturated rings. The average Bonchev–Trinajstić information content (AvgIpc) is 3.05. The maximum atomic E-state index is 13.0. The average molecular weight is 364 g/mol. The maximum Gasteiger partial charge on any atom is 0.276 e. The normalized spacial score (nSPS) is 11.2. The number of nitrogens with zero attached hydrogens (tertiary/aromatic N) is 2. The molecule has 0 aliphatic carbocycles. The van der Waals surface area contributed by atoms with E-state index in [-0.39, 0.29) is 5.56 Å². The smallest absolute Gasteiger partial charge is 0.276 e. The number of nitrogens with one attached hydrogen (secondary N) is 1. The fraction of sp³-hybridized carbons (Fsp3) is 0.143. The summed E-state index contributed by atoms with van der Waals surface area (Å²) in [5.74, 6) is 0. The summed E-state index contributed by atoms with van der Waals surface area (Å²) < 4.78 is 1.52. The number of hydrogen-bond acceptors (Lipinski definition) is 2. The second-order valence-electron chi connectivity index (χ2n) is 6.51. The minimum atomic E-state index is -0.0687. The third-order valence-corrected chi connectivity index (χ3v) is 4.82. The predicted molar refractivity (Wildman–Crippen MR) is 105 cm³/mol. The molecule has 4 rings (SSSR count). The van der Waals surface area contributed by atoms with E-state index in [0.717, 1.165) is 22.5 Å². The van der Waals surface area contributed by atoms with Crippen molar-refractivity contribution in [2.24, 2.45) is 0 Å². The second-order valence-corrected chi connectivity index (χ2v) is 6.95. The summed E-state index contributed by atoms with van der Waals surface area (Å²) in [4.78, 5) is 17.6. The molecule has 0 atom stereocenters. The van der Waals surface area contributed by atoms with Gasteiger partial charge in [0.15, 0.2) is 5.65 Å². The molecule has 4 aromatic rings. The molecule has 5 heteroatoms. The summed E-state index contributed by atoms with van der Waals surface area (Å²) >= 11 is 5.94. The number of H-pyrrole nitrogens is 1. The number of benzene rings is 2. The van der Waals surface area contributed by atoms with Crippen molar-refractivity contribution in [3.05, 3.63) is 92.4 Å². The molecule has 0 aliphatic heterocycles. The van der Waals surface area contributed by atoms with Gasteiger partial charge < -0.3 is 0 Å². The van der Waals surface area contributed by atoms with Gasteiger partial charge in [-0.2, -0.15) is 0 Å². The Kier molecular flexibility index (Phi) is 4.13. The largest absolute Gasteiger partial charge is 0.289 e. The lowest BCUT2D eigenvalue weighted by Gasteiger charge is -2.06. The van der Waals surface area contributed by atoms with Crippen molar-refractivity contribution < 1.29 is 0 Å². The lowest BCUT2D eigenvalue weighted by atomic mass is 10.1. The molecule has 4 nitrogen and oxygen atoms in total. The van der Waals surface area contributed by atoms with E-state index >= 15 is 0 Å². The zero-order chi connectivity index (χ0) is 18.3. The van der Waals surface area contributed by atoms with Crippen LogP contribution in [0.25, 0.3) is 16.9 Å². The highest BCUT2D eigenvalue weighted by atomic mass is 35.5. The Morgan fingerprint density at radius 1 is 1.04 bits per heavy atom. The number of hydrogen-bond donors (Lipinski definition) is 1. The van der Waals surface area contributed by atoms with E-state index in [9.17, 15) is 4.79 Å². The van der Waals surface area contributed by atoms with E-state index in [1.54, 1.807) is 0 Å². The number of aromatic amines is 1. The highest BCUT2D eigenvalue weighted by Gasteiger charge is 2.13. The van der Waals surface area contributed by atoms with Crippen molar-refractivity contribution >= 4 is 17.2 Å². The van der Waals surface area contributed by atoms with Gasteiger partial charge in [-0.25, -0.2) is 9.50 Å². The molecule has 0 unspecified atom stereocenters. The van der Waals surface area contributed by atoms with E-state index in [1.165, 1.54) is 10.1 Å². The quantitative estimate of drug-likeness (QED) is 0.580. The van der Waals surface area contributed by atoms with E-state index < -0.39 is 0 Å². The molecule has 2 aromatic heterocycles. The van der Waals surface area contributed by atoms with Gasteiger partial charge in [0, 0.05) is 28.8 Å². The lowest BCUT2D eigenvalue weighted by molar-refractivity contribution is 0.862. The van der Waals surface area contributed by atoms with Crippen LogP contribution in [0.15, 0.2) is 59.4 Å². The summed E-state index contributed by atoms with van der Waals surface area (Å²) in [6.07, 6.45) is 0.524. The first-order valence-corrected chi connectivity index (χ1v) is 8.82. The van der Waals surface area contributed by atoms with Crippen molar-refractivity contribution in [1.29, 1.82) is 0 Å². The van der Waals surface area contributed by atoms with E-state index in [2.05, 4.69) is 10.1 Å². The molecular formula is C21H18ClN3O. The van der Waals surface area contributed by atoms with E-state index in [0.29, 0.717) is 22.7 Å². The topological polar surface area (TPSA) is 50.2 Å². The molecule has 0 bridgehead atoms. The molecule has 0 aliphatic rings. The molecule has 130 valence electrons. The van der Waals surface area contributed by atoms with Crippen molar-refractivity contribution in [3.63, 3.8) is 0 Å². The molecule has 0 saturated carbocycles. The highest BCUT2D eigenvalue weighted by molar-refractivity contribution is 6.30. The van der Waals surface area contributed by atoms with Gasteiger partial charge in [0.05, 0.1) is 5.69 Å². The van der Waals surface area contributed by atoms with Crippen molar-refractivity contribution in [2.45, 2.75) is 20.3 Å². The van der Waals surface area contributed by atoms with Gasteiger partial charge in [-0.3, -0.25) is 9.89 Å². The third-order valence-electron chi connectivity index (χ3n) is 4.57. The van der Waals surface area contributed by atoms with Gasteiger partial charge in [-0.15, -0.1) is 0 Å². The number of rotatable bonds is 3. The molecule has 26 heavy (non-hydrogen) atoms. The SMILES string of the molecule is Cc1ccc(-c2cc3nc(C)c(Cc4ccc(Cl)cc4)c(=O)n3[nH]2)cc1. The molecule has 0 spiro atoms. The van der Waals surface area contributed by atoms with Crippen LogP contribution in [0.3, 0.4) is 0 Å². The summed E-state index contributed by atoms with van der Waals surface area (Å²) in [6, 6.07) is 17.6. The second kappa shape index (κ2) is 6.46. The summed E-state index contributed by atoms with van der Waals surface area (Å²) in [5, 5.41) is 3.87. The molecule has 1 N–H and O–H groups in total. The Hall–Kier alpha value is -2.85. The van der Waals surface area contributed by atoms with Crippen LogP contribution in [-0.2, 0) is 6.42 Å². The first kappa shape index (κ1) is 16.6. The Labute approximate surface area is 156 Å². The number of fused-ring (bicyclic) bond motifs is 1. The Bertz CT molecular complexity index is 1140. The maximum absolute atomic E-state index is 13.0. The molecule has 2 heterocycles. The Morgan fingerprint density at radius 3 is 2.42 bits per heavy atom. The lowest BCUT2D eigenvalue weighted by Crippen LogP contribution is -2.22. The van der Waals surface area contributed by atoms with Gasteiger partial charge >= 0.3 is 0 Å². The van der Waals surface area contributed by atoms with Crippen LogP contribution in [-0.4, -0.2) is 14.6 Å². The number of halogens is 1. The zero-order valence-electron chi connectivity index (χ0n) is 14.6. The number of aryl methyl sites for hydroxylation is 2. The molecule has 0 radical (unpaired) electrons. The Morgan fingerprint density at radius 2 is 1.73 bits per heavy atom. The third kappa shape index (κ3) is 3.04.